The Morgan fingerprint density at radius 1 is 1.32 bits per heavy atom. The van der Waals surface area contributed by atoms with Crippen molar-refractivity contribution in [3.63, 3.8) is 0 Å². The second-order valence-electron chi connectivity index (χ2n) is 5.27. The van der Waals surface area contributed by atoms with Crippen LogP contribution in [0, 0.1) is 53.5 Å². The van der Waals surface area contributed by atoms with Crippen molar-refractivity contribution in [2.24, 2.45) is 4.99 Å². The third-order valence-corrected chi connectivity index (χ3v) is 3.88. The van der Waals surface area contributed by atoms with Gasteiger partial charge in [0.2, 0.25) is 0 Å². The Kier molecular flexibility index (Phi) is 11.7. The van der Waals surface area contributed by atoms with E-state index in [0.29, 0.717) is 6.04 Å². The minimum atomic E-state index is 0. The summed E-state index contributed by atoms with van der Waals surface area (Å²) in [7, 11) is 2.14. The van der Waals surface area contributed by atoms with E-state index < -0.39 is 0 Å². The maximum Gasteiger partial charge on any atom is 0.0702 e. The van der Waals surface area contributed by atoms with Gasteiger partial charge in [0, 0.05) is 52.5 Å². The van der Waals surface area contributed by atoms with Gasteiger partial charge in [-0.3, -0.25) is 11.5 Å². The van der Waals surface area contributed by atoms with Crippen molar-refractivity contribution < 1.29 is 46.9 Å². The molecule has 1 heterocycles. The van der Waals surface area contributed by atoms with Gasteiger partial charge in [-0.25, -0.2) is 0 Å². The van der Waals surface area contributed by atoms with Crippen LogP contribution in [0.25, 0.3) is 5.57 Å². The predicted octanol–water partition coefficient (Wildman–Crippen LogP) is 5.48. The number of allylic oxidation sites excluding steroid dienone is 2. The fraction of sp³-hybridized carbons (Fsp3) is 0.474. The van der Waals surface area contributed by atoms with Crippen LogP contribution < -0.4 is 0 Å². The molecule has 0 N–H and O–H groups in total. The van der Waals surface area contributed by atoms with Gasteiger partial charge in [-0.2, -0.15) is 0 Å². The molecule has 0 bridgehead atoms. The molecule has 130 valence electrons. The predicted molar refractivity (Wildman–Crippen MR) is 95.0 cm³/mol. The van der Waals surface area contributed by atoms with Crippen LogP contribution in [0.3, 0.4) is 0 Å². The zero-order chi connectivity index (χ0) is 15.8. The summed E-state index contributed by atoms with van der Waals surface area (Å²) in [5.41, 5.74) is 4.90. The first-order valence-corrected chi connectivity index (χ1v) is 7.96. The first-order chi connectivity index (χ1) is 10.1. The van der Waals surface area contributed by atoms with E-state index in [1.54, 1.807) is 0 Å². The fourth-order valence-electron chi connectivity index (χ4n) is 2.32. The average molecular weight is 458 g/mol. The summed E-state index contributed by atoms with van der Waals surface area (Å²) in [6.07, 6.45) is 4.16. The molecule has 1 aromatic carbocycles. The first-order valence-electron chi connectivity index (χ1n) is 7.96. The molecule has 0 amide bonds. The van der Waals surface area contributed by atoms with E-state index in [1.807, 2.05) is 13.8 Å². The largest absolute Gasteiger partial charge is 0.456 e. The number of nitrogens with zero attached hydrogens (tertiary/aromatic N) is 2. The van der Waals surface area contributed by atoms with Gasteiger partial charge in [0.25, 0.3) is 0 Å². The monoisotopic (exact) mass is 459 g/mol. The molecule has 0 aliphatic carbocycles. The SMILES string of the molecule is CC.CC=C(C)c1ccccc1N=C1C[CH-]N(C)C(C)C1.[Yb]. The minimum Gasteiger partial charge on any atom is -0.456 e. The number of piperidine rings is 1. The molecule has 1 unspecified atom stereocenters. The molecule has 0 radical (unpaired) electrons. The molecule has 1 atom stereocenters. The van der Waals surface area contributed by atoms with Crippen LogP contribution >= 0.6 is 0 Å². The number of aliphatic imine (C=N–C) groups is 1. The second kappa shape index (κ2) is 11.6. The average Bonchev–Trinajstić information content (AvgIpc) is 2.53. The standard InChI is InChI=1S/C17H23N2.C2H6.Yb/c1-5-13(2)16-8-6-7-9-17(16)18-15-10-11-19(4)14(3)12-15;1-2;/h5-9,11,14H,10,12H2,1-4H3;1-2H3;/q-1;;. The zero-order valence-electron chi connectivity index (χ0n) is 14.6. The number of likely N-dealkylation sites (tertiary alicyclic amines) is 1. The maximum absolute atomic E-state index is 4.89. The molecular formula is C19H29N2Yb-. The van der Waals surface area contributed by atoms with Crippen LogP contribution in [0.5, 0.6) is 0 Å². The Bertz CT molecular complexity index is 506. The molecule has 1 saturated heterocycles. The van der Waals surface area contributed by atoms with Gasteiger partial charge in [0.15, 0.2) is 0 Å². The smallest absolute Gasteiger partial charge is 0.0702 e. The van der Waals surface area contributed by atoms with E-state index >= 15 is 0 Å². The third-order valence-electron chi connectivity index (χ3n) is 3.88. The van der Waals surface area contributed by atoms with Crippen LogP contribution in [0.2, 0.25) is 0 Å². The number of benzene rings is 1. The van der Waals surface area contributed by atoms with E-state index in [-0.39, 0.29) is 46.9 Å². The molecule has 3 heteroatoms. The fourth-order valence-corrected chi connectivity index (χ4v) is 2.32. The van der Waals surface area contributed by atoms with E-state index in [2.05, 4.69) is 69.6 Å². The third kappa shape index (κ3) is 6.31. The summed E-state index contributed by atoms with van der Waals surface area (Å²) in [5, 5.41) is 0. The molecule has 2 nitrogen and oxygen atoms in total. The van der Waals surface area contributed by atoms with Crippen molar-refractivity contribution >= 4 is 17.0 Å². The van der Waals surface area contributed by atoms with Gasteiger partial charge < -0.3 is 4.90 Å². The summed E-state index contributed by atoms with van der Waals surface area (Å²) < 4.78 is 0. The second-order valence-corrected chi connectivity index (χ2v) is 5.27. The van der Waals surface area contributed by atoms with Crippen molar-refractivity contribution in [1.82, 2.24) is 4.90 Å². The minimum absolute atomic E-state index is 0. The first kappa shape index (κ1) is 22.1. The molecule has 1 aliphatic heterocycles. The van der Waals surface area contributed by atoms with Crippen LogP contribution in [0.15, 0.2) is 35.3 Å². The molecular weight excluding hydrogens is 429 g/mol. The van der Waals surface area contributed by atoms with Crippen LogP contribution in [0.4, 0.5) is 5.69 Å². The molecule has 2 rings (SSSR count). The Morgan fingerprint density at radius 3 is 2.55 bits per heavy atom. The molecule has 0 aromatic heterocycles. The van der Waals surface area contributed by atoms with E-state index in [9.17, 15) is 0 Å². The summed E-state index contributed by atoms with van der Waals surface area (Å²) in [6, 6.07) is 8.95. The zero-order valence-corrected chi connectivity index (χ0v) is 16.3. The number of hydrogen-bond donors (Lipinski definition) is 0. The molecule has 0 saturated carbocycles. The van der Waals surface area contributed by atoms with Gasteiger partial charge >= 0.3 is 0 Å². The maximum atomic E-state index is 4.89. The van der Waals surface area contributed by atoms with Crippen molar-refractivity contribution in [1.29, 1.82) is 0 Å². The molecule has 0 spiro atoms. The normalized spacial score (nSPS) is 20.9. The van der Waals surface area contributed by atoms with Gasteiger partial charge in [0.05, 0.1) is 5.69 Å². The van der Waals surface area contributed by atoms with Gasteiger partial charge in [-0.1, -0.05) is 45.0 Å². The summed E-state index contributed by atoms with van der Waals surface area (Å²) in [6.45, 7) is 12.7. The van der Waals surface area contributed by atoms with Gasteiger partial charge in [-0.15, -0.1) is 6.42 Å². The van der Waals surface area contributed by atoms with Crippen molar-refractivity contribution in [2.45, 2.75) is 53.5 Å². The molecule has 1 aromatic rings. The molecule has 1 fully saturated rings. The molecule has 22 heavy (non-hydrogen) atoms. The summed E-state index contributed by atoms with van der Waals surface area (Å²) in [4.78, 5) is 7.17. The van der Waals surface area contributed by atoms with E-state index in [0.717, 1.165) is 18.5 Å². The summed E-state index contributed by atoms with van der Waals surface area (Å²) in [5.74, 6) is 0. The Labute approximate surface area is 175 Å². The Morgan fingerprint density at radius 2 is 1.95 bits per heavy atom. The number of para-hydroxylation sites is 1. The number of rotatable bonds is 2. The van der Waals surface area contributed by atoms with Gasteiger partial charge in [-0.05, 0) is 50.7 Å². The topological polar surface area (TPSA) is 15.6 Å². The Hall–Kier alpha value is 0.109. The Balaban J connectivity index is 0.00000141. The van der Waals surface area contributed by atoms with E-state index in [1.165, 1.54) is 16.8 Å². The van der Waals surface area contributed by atoms with Gasteiger partial charge in [0.1, 0.15) is 0 Å². The van der Waals surface area contributed by atoms with Crippen molar-refractivity contribution in [2.75, 3.05) is 7.05 Å². The quantitative estimate of drug-likeness (QED) is 0.536. The van der Waals surface area contributed by atoms with Crippen LogP contribution in [-0.2, 0) is 0 Å². The summed E-state index contributed by atoms with van der Waals surface area (Å²) >= 11 is 0. The van der Waals surface area contributed by atoms with Crippen molar-refractivity contribution in [3.8, 4) is 0 Å². The van der Waals surface area contributed by atoms with Crippen LogP contribution in [-0.4, -0.2) is 23.7 Å². The van der Waals surface area contributed by atoms with E-state index in [4.69, 9.17) is 4.99 Å². The van der Waals surface area contributed by atoms with Crippen molar-refractivity contribution in [3.05, 3.63) is 42.4 Å². The molecule has 1 aliphatic rings. The van der Waals surface area contributed by atoms with Crippen LogP contribution in [0.1, 0.15) is 53.0 Å². The number of hydrogen-bond acceptors (Lipinski definition) is 2.